The Hall–Kier alpha value is -1.73. The number of anilines is 1. The number of aromatic nitrogens is 1. The van der Waals surface area contributed by atoms with Crippen LogP contribution in [-0.2, 0) is 10.0 Å². The van der Waals surface area contributed by atoms with Crippen LogP contribution in [-0.4, -0.2) is 19.2 Å². The Morgan fingerprint density at radius 1 is 1.33 bits per heavy atom. The standard InChI is InChI=1S/C14H16N2O3S2/c1-9(2)13-8-20-14(15-13)16-21(18,19)12-6-4-5-11(7-12)10(3)17/h4-9H,1-3H3,(H,15,16). The number of Topliss-reactive ketones (excluding diaryl/α,β-unsaturated/α-hetero) is 1. The predicted molar refractivity (Wildman–Crippen MR) is 83.5 cm³/mol. The first-order chi connectivity index (χ1) is 9.79. The summed E-state index contributed by atoms with van der Waals surface area (Å²) in [4.78, 5) is 15.6. The summed E-state index contributed by atoms with van der Waals surface area (Å²) in [7, 11) is -3.74. The van der Waals surface area contributed by atoms with E-state index >= 15 is 0 Å². The van der Waals surface area contributed by atoms with Gasteiger partial charge in [0.15, 0.2) is 10.9 Å². The first kappa shape index (κ1) is 15.7. The van der Waals surface area contributed by atoms with Crippen LogP contribution in [0, 0.1) is 0 Å². The molecule has 112 valence electrons. The monoisotopic (exact) mass is 324 g/mol. The third kappa shape index (κ3) is 3.68. The van der Waals surface area contributed by atoms with Crippen LogP contribution in [0.3, 0.4) is 0 Å². The van der Waals surface area contributed by atoms with Gasteiger partial charge in [-0.05, 0) is 25.0 Å². The number of hydrogen-bond donors (Lipinski definition) is 1. The van der Waals surface area contributed by atoms with E-state index in [0.717, 1.165) is 5.69 Å². The van der Waals surface area contributed by atoms with Crippen LogP contribution < -0.4 is 4.72 Å². The SMILES string of the molecule is CC(=O)c1cccc(S(=O)(=O)Nc2nc(C(C)C)cs2)c1. The average molecular weight is 324 g/mol. The molecule has 5 nitrogen and oxygen atoms in total. The lowest BCUT2D eigenvalue weighted by molar-refractivity contribution is 0.101. The molecule has 0 atom stereocenters. The molecule has 0 amide bonds. The molecule has 0 bridgehead atoms. The summed E-state index contributed by atoms with van der Waals surface area (Å²) >= 11 is 1.24. The van der Waals surface area contributed by atoms with E-state index in [1.54, 1.807) is 12.1 Å². The maximum Gasteiger partial charge on any atom is 0.263 e. The third-order valence-corrected chi connectivity index (χ3v) is 5.13. The van der Waals surface area contributed by atoms with Crippen molar-refractivity contribution in [1.29, 1.82) is 0 Å². The zero-order chi connectivity index (χ0) is 15.6. The fourth-order valence-corrected chi connectivity index (χ4v) is 3.82. The van der Waals surface area contributed by atoms with Gasteiger partial charge in [0.25, 0.3) is 10.0 Å². The average Bonchev–Trinajstić information content (AvgIpc) is 2.87. The Labute approximate surface area is 128 Å². The van der Waals surface area contributed by atoms with Crippen molar-refractivity contribution in [3.05, 3.63) is 40.9 Å². The normalized spacial score (nSPS) is 11.6. The lowest BCUT2D eigenvalue weighted by Gasteiger charge is -2.06. The fraction of sp³-hybridized carbons (Fsp3) is 0.286. The molecule has 0 aliphatic heterocycles. The third-order valence-electron chi connectivity index (χ3n) is 2.89. The second kappa shape index (κ2) is 5.95. The first-order valence-electron chi connectivity index (χ1n) is 6.39. The quantitative estimate of drug-likeness (QED) is 0.856. The zero-order valence-electron chi connectivity index (χ0n) is 12.0. The molecule has 0 saturated carbocycles. The molecule has 1 aromatic carbocycles. The zero-order valence-corrected chi connectivity index (χ0v) is 13.6. The van der Waals surface area contributed by atoms with Gasteiger partial charge in [0.2, 0.25) is 0 Å². The summed E-state index contributed by atoms with van der Waals surface area (Å²) in [5.74, 6) is 0.0592. The lowest BCUT2D eigenvalue weighted by Crippen LogP contribution is -2.13. The number of sulfonamides is 1. The minimum Gasteiger partial charge on any atom is -0.295 e. The molecule has 1 N–H and O–H groups in total. The summed E-state index contributed by atoms with van der Waals surface area (Å²) in [6.45, 7) is 5.38. The summed E-state index contributed by atoms with van der Waals surface area (Å²) in [5.41, 5.74) is 1.20. The van der Waals surface area contributed by atoms with E-state index in [-0.39, 0.29) is 16.6 Å². The molecule has 0 spiro atoms. The highest BCUT2D eigenvalue weighted by atomic mass is 32.2. The van der Waals surface area contributed by atoms with E-state index in [1.165, 1.54) is 30.4 Å². The summed E-state index contributed by atoms with van der Waals surface area (Å²) in [5, 5.41) is 2.15. The molecule has 2 aromatic rings. The predicted octanol–water partition coefficient (Wildman–Crippen LogP) is 3.27. The topological polar surface area (TPSA) is 76.1 Å². The van der Waals surface area contributed by atoms with Crippen LogP contribution >= 0.6 is 11.3 Å². The number of nitrogens with one attached hydrogen (secondary N) is 1. The summed E-state index contributed by atoms with van der Waals surface area (Å²) < 4.78 is 27.0. The van der Waals surface area contributed by atoms with E-state index in [9.17, 15) is 13.2 Å². The molecule has 0 aliphatic carbocycles. The number of benzene rings is 1. The van der Waals surface area contributed by atoms with Crippen molar-refractivity contribution in [2.45, 2.75) is 31.6 Å². The van der Waals surface area contributed by atoms with Gasteiger partial charge in [0, 0.05) is 10.9 Å². The van der Waals surface area contributed by atoms with Crippen molar-refractivity contribution in [3.63, 3.8) is 0 Å². The van der Waals surface area contributed by atoms with E-state index in [2.05, 4.69) is 9.71 Å². The van der Waals surface area contributed by atoms with Crippen molar-refractivity contribution < 1.29 is 13.2 Å². The highest BCUT2D eigenvalue weighted by molar-refractivity contribution is 7.93. The lowest BCUT2D eigenvalue weighted by atomic mass is 10.2. The minimum absolute atomic E-state index is 0.0523. The molecule has 0 radical (unpaired) electrons. The van der Waals surface area contributed by atoms with Crippen molar-refractivity contribution in [2.24, 2.45) is 0 Å². The van der Waals surface area contributed by atoms with Crippen molar-refractivity contribution in [2.75, 3.05) is 4.72 Å². The van der Waals surface area contributed by atoms with Crippen LogP contribution in [0.1, 0.15) is 42.7 Å². The summed E-state index contributed by atoms with van der Waals surface area (Å²) in [6, 6.07) is 5.95. The molecule has 0 aliphatic rings. The highest BCUT2D eigenvalue weighted by Crippen LogP contribution is 2.24. The molecule has 0 fully saturated rings. The van der Waals surface area contributed by atoms with Crippen LogP contribution in [0.2, 0.25) is 0 Å². The highest BCUT2D eigenvalue weighted by Gasteiger charge is 2.17. The number of hydrogen-bond acceptors (Lipinski definition) is 5. The van der Waals surface area contributed by atoms with Gasteiger partial charge in [-0.15, -0.1) is 11.3 Å². The summed E-state index contributed by atoms with van der Waals surface area (Å²) in [6.07, 6.45) is 0. The van der Waals surface area contributed by atoms with Gasteiger partial charge in [-0.1, -0.05) is 26.0 Å². The molecule has 21 heavy (non-hydrogen) atoms. The largest absolute Gasteiger partial charge is 0.295 e. The van der Waals surface area contributed by atoms with Gasteiger partial charge < -0.3 is 0 Å². The number of nitrogens with zero attached hydrogens (tertiary/aromatic N) is 1. The molecular formula is C14H16N2O3S2. The van der Waals surface area contributed by atoms with Crippen molar-refractivity contribution >= 4 is 32.3 Å². The van der Waals surface area contributed by atoms with Gasteiger partial charge in [-0.25, -0.2) is 13.4 Å². The molecular weight excluding hydrogens is 308 g/mol. The van der Waals surface area contributed by atoms with Gasteiger partial charge in [0.1, 0.15) is 0 Å². The second-order valence-corrected chi connectivity index (χ2v) is 7.46. The van der Waals surface area contributed by atoms with Crippen LogP contribution in [0.15, 0.2) is 34.5 Å². The van der Waals surface area contributed by atoms with Gasteiger partial charge in [0.05, 0.1) is 10.6 Å². The van der Waals surface area contributed by atoms with Gasteiger partial charge >= 0.3 is 0 Å². The smallest absolute Gasteiger partial charge is 0.263 e. The van der Waals surface area contributed by atoms with Gasteiger partial charge in [-0.3, -0.25) is 9.52 Å². The Morgan fingerprint density at radius 3 is 2.62 bits per heavy atom. The van der Waals surface area contributed by atoms with E-state index in [0.29, 0.717) is 10.7 Å². The molecule has 0 unspecified atom stereocenters. The number of ketones is 1. The van der Waals surface area contributed by atoms with Crippen LogP contribution in [0.25, 0.3) is 0 Å². The Morgan fingerprint density at radius 2 is 2.05 bits per heavy atom. The van der Waals surface area contributed by atoms with E-state index in [1.807, 2.05) is 19.2 Å². The minimum atomic E-state index is -3.74. The van der Waals surface area contributed by atoms with Crippen LogP contribution in [0.4, 0.5) is 5.13 Å². The number of thiazole rings is 1. The van der Waals surface area contributed by atoms with Gasteiger partial charge in [-0.2, -0.15) is 0 Å². The Bertz CT molecular complexity index is 764. The van der Waals surface area contributed by atoms with Crippen molar-refractivity contribution in [1.82, 2.24) is 4.98 Å². The maximum absolute atomic E-state index is 12.3. The Balaban J connectivity index is 2.29. The van der Waals surface area contributed by atoms with Crippen LogP contribution in [0.5, 0.6) is 0 Å². The number of carbonyl (C=O) groups excluding carboxylic acids is 1. The number of carbonyl (C=O) groups is 1. The fourth-order valence-electron chi connectivity index (χ4n) is 1.65. The van der Waals surface area contributed by atoms with Crippen molar-refractivity contribution in [3.8, 4) is 0 Å². The molecule has 7 heteroatoms. The Kier molecular flexibility index (Phi) is 4.43. The maximum atomic E-state index is 12.3. The molecule has 0 saturated heterocycles. The molecule has 1 aromatic heterocycles. The second-order valence-electron chi connectivity index (χ2n) is 4.92. The molecule has 1 heterocycles. The van der Waals surface area contributed by atoms with E-state index < -0.39 is 10.0 Å². The van der Waals surface area contributed by atoms with E-state index in [4.69, 9.17) is 0 Å². The molecule has 2 rings (SSSR count). The first-order valence-corrected chi connectivity index (χ1v) is 8.75. The number of rotatable bonds is 5.